The summed E-state index contributed by atoms with van der Waals surface area (Å²) in [6.07, 6.45) is 4.78. The van der Waals surface area contributed by atoms with Crippen LogP contribution in [0.15, 0.2) is 78.9 Å². The van der Waals surface area contributed by atoms with E-state index in [1.165, 1.54) is 12.1 Å². The van der Waals surface area contributed by atoms with Gasteiger partial charge in [0, 0.05) is 19.0 Å². The molecule has 35 heavy (non-hydrogen) atoms. The van der Waals surface area contributed by atoms with Crippen LogP contribution in [0.1, 0.15) is 47.9 Å². The Morgan fingerprint density at radius 1 is 0.886 bits per heavy atom. The molecule has 0 unspecified atom stereocenters. The van der Waals surface area contributed by atoms with Crippen molar-refractivity contribution in [3.05, 3.63) is 107 Å². The molecule has 1 aliphatic carbocycles. The van der Waals surface area contributed by atoms with Crippen molar-refractivity contribution in [2.24, 2.45) is 0 Å². The lowest BCUT2D eigenvalue weighted by Crippen LogP contribution is -2.52. The normalized spacial score (nSPS) is 14.5. The second-order valence-electron chi connectivity index (χ2n) is 9.51. The van der Waals surface area contributed by atoms with E-state index in [4.69, 9.17) is 0 Å². The number of amides is 2. The summed E-state index contributed by atoms with van der Waals surface area (Å²) in [5.41, 5.74) is 3.81. The zero-order valence-electron chi connectivity index (χ0n) is 20.3. The monoisotopic (exact) mass is 472 g/mol. The van der Waals surface area contributed by atoms with Crippen LogP contribution in [0.3, 0.4) is 0 Å². The number of halogens is 1. The van der Waals surface area contributed by atoms with Gasteiger partial charge < -0.3 is 10.2 Å². The number of carbonyl (C=O) groups is 2. The Kier molecular flexibility index (Phi) is 8.30. The van der Waals surface area contributed by atoms with Crippen LogP contribution in [0.2, 0.25) is 0 Å². The van der Waals surface area contributed by atoms with Crippen molar-refractivity contribution in [3.8, 4) is 0 Å². The predicted octanol–water partition coefficient (Wildman–Crippen LogP) is 5.38. The third kappa shape index (κ3) is 7.01. The van der Waals surface area contributed by atoms with Crippen LogP contribution in [0.25, 0.3) is 0 Å². The average Bonchev–Trinajstić information content (AvgIpc) is 3.37. The van der Waals surface area contributed by atoms with Crippen LogP contribution in [0.5, 0.6) is 0 Å². The van der Waals surface area contributed by atoms with Crippen LogP contribution < -0.4 is 5.32 Å². The van der Waals surface area contributed by atoms with E-state index >= 15 is 0 Å². The van der Waals surface area contributed by atoms with E-state index < -0.39 is 6.04 Å². The molecule has 0 radical (unpaired) electrons. The summed E-state index contributed by atoms with van der Waals surface area (Å²) in [5, 5.41) is 3.21. The largest absolute Gasteiger partial charge is 0.352 e. The van der Waals surface area contributed by atoms with Gasteiger partial charge in [0.25, 0.3) is 0 Å². The summed E-state index contributed by atoms with van der Waals surface area (Å²) in [6, 6.07) is 23.3. The topological polar surface area (TPSA) is 49.4 Å². The summed E-state index contributed by atoms with van der Waals surface area (Å²) in [7, 11) is 0. The van der Waals surface area contributed by atoms with Crippen molar-refractivity contribution in [2.75, 3.05) is 0 Å². The van der Waals surface area contributed by atoms with E-state index in [0.717, 1.165) is 47.9 Å². The Morgan fingerprint density at radius 2 is 1.51 bits per heavy atom. The molecule has 5 heteroatoms. The molecule has 4 nitrogen and oxygen atoms in total. The van der Waals surface area contributed by atoms with Gasteiger partial charge in [0.15, 0.2) is 0 Å². The Morgan fingerprint density at radius 3 is 2.17 bits per heavy atom. The zero-order chi connectivity index (χ0) is 24.6. The standard InChI is InChI=1S/C30H33FN2O2/c1-22-11-13-24(14-12-22)20-29(34)33(21-25-15-17-26(31)18-16-25)28(19-23-7-3-2-4-8-23)30(35)32-27-9-5-6-10-27/h2-4,7-8,11-18,27-28H,5-6,9-10,19-21H2,1H3,(H,32,35)/t28-/m0/s1. The maximum atomic E-state index is 13.7. The quantitative estimate of drug-likeness (QED) is 0.455. The molecule has 1 N–H and O–H groups in total. The van der Waals surface area contributed by atoms with Crippen LogP contribution in [0.4, 0.5) is 4.39 Å². The maximum absolute atomic E-state index is 13.7. The van der Waals surface area contributed by atoms with E-state index in [1.807, 2.05) is 61.5 Å². The molecule has 1 aliphatic rings. The minimum absolute atomic E-state index is 0.124. The molecule has 3 aromatic rings. The van der Waals surface area contributed by atoms with Gasteiger partial charge >= 0.3 is 0 Å². The molecule has 0 aromatic heterocycles. The number of hydrogen-bond acceptors (Lipinski definition) is 2. The van der Waals surface area contributed by atoms with Crippen LogP contribution in [0, 0.1) is 12.7 Å². The Hall–Kier alpha value is -3.47. The number of hydrogen-bond donors (Lipinski definition) is 1. The molecule has 1 atom stereocenters. The molecule has 4 rings (SSSR count). The van der Waals surface area contributed by atoms with E-state index in [0.29, 0.717) is 6.42 Å². The highest BCUT2D eigenvalue weighted by atomic mass is 19.1. The summed E-state index contributed by atoms with van der Waals surface area (Å²) in [4.78, 5) is 29.0. The second kappa shape index (κ2) is 11.8. The van der Waals surface area contributed by atoms with Gasteiger partial charge in [-0.05, 0) is 48.6 Å². The maximum Gasteiger partial charge on any atom is 0.243 e. The lowest BCUT2D eigenvalue weighted by Gasteiger charge is -2.32. The molecular weight excluding hydrogens is 439 g/mol. The van der Waals surface area contributed by atoms with Crippen molar-refractivity contribution in [2.45, 2.75) is 64.1 Å². The van der Waals surface area contributed by atoms with Crippen LogP contribution in [-0.2, 0) is 29.0 Å². The molecule has 3 aromatic carbocycles. The minimum atomic E-state index is -0.666. The van der Waals surface area contributed by atoms with Gasteiger partial charge in [0.05, 0.1) is 6.42 Å². The highest BCUT2D eigenvalue weighted by molar-refractivity contribution is 5.89. The fourth-order valence-corrected chi connectivity index (χ4v) is 4.69. The Balaban J connectivity index is 1.64. The molecule has 0 heterocycles. The van der Waals surface area contributed by atoms with Gasteiger partial charge in [-0.1, -0.05) is 85.1 Å². The van der Waals surface area contributed by atoms with Crippen molar-refractivity contribution in [3.63, 3.8) is 0 Å². The van der Waals surface area contributed by atoms with E-state index in [-0.39, 0.29) is 36.6 Å². The third-order valence-electron chi connectivity index (χ3n) is 6.71. The van der Waals surface area contributed by atoms with Gasteiger partial charge in [0.1, 0.15) is 11.9 Å². The molecule has 2 amide bonds. The van der Waals surface area contributed by atoms with Crippen molar-refractivity contribution < 1.29 is 14.0 Å². The summed E-state index contributed by atoms with van der Waals surface area (Å²) >= 11 is 0. The summed E-state index contributed by atoms with van der Waals surface area (Å²) in [5.74, 6) is -0.577. The smallest absolute Gasteiger partial charge is 0.243 e. The van der Waals surface area contributed by atoms with Gasteiger partial charge in [-0.3, -0.25) is 9.59 Å². The minimum Gasteiger partial charge on any atom is -0.352 e. The first kappa shape index (κ1) is 24.6. The lowest BCUT2D eigenvalue weighted by molar-refractivity contribution is -0.141. The van der Waals surface area contributed by atoms with E-state index in [2.05, 4.69) is 5.32 Å². The summed E-state index contributed by atoms with van der Waals surface area (Å²) in [6.45, 7) is 2.25. The second-order valence-corrected chi connectivity index (χ2v) is 9.51. The first-order valence-electron chi connectivity index (χ1n) is 12.4. The number of nitrogens with zero attached hydrogens (tertiary/aromatic N) is 1. The van der Waals surface area contributed by atoms with Crippen LogP contribution in [-0.4, -0.2) is 28.8 Å². The Labute approximate surface area is 207 Å². The molecular formula is C30H33FN2O2. The number of nitrogens with one attached hydrogen (secondary N) is 1. The van der Waals surface area contributed by atoms with Gasteiger partial charge in [-0.15, -0.1) is 0 Å². The van der Waals surface area contributed by atoms with Gasteiger partial charge in [0.2, 0.25) is 11.8 Å². The predicted molar refractivity (Wildman–Crippen MR) is 136 cm³/mol. The van der Waals surface area contributed by atoms with Gasteiger partial charge in [-0.2, -0.15) is 0 Å². The molecule has 1 saturated carbocycles. The molecule has 182 valence electrons. The first-order chi connectivity index (χ1) is 17.0. The highest BCUT2D eigenvalue weighted by Crippen LogP contribution is 2.21. The molecule has 0 spiro atoms. The highest BCUT2D eigenvalue weighted by Gasteiger charge is 2.32. The number of aryl methyl sites for hydroxylation is 1. The van der Waals surface area contributed by atoms with Crippen molar-refractivity contribution >= 4 is 11.8 Å². The lowest BCUT2D eigenvalue weighted by atomic mass is 10.0. The molecule has 1 fully saturated rings. The summed E-state index contributed by atoms with van der Waals surface area (Å²) < 4.78 is 13.6. The molecule has 0 bridgehead atoms. The molecule has 0 aliphatic heterocycles. The number of carbonyl (C=O) groups excluding carboxylic acids is 2. The fourth-order valence-electron chi connectivity index (χ4n) is 4.69. The zero-order valence-corrected chi connectivity index (χ0v) is 20.3. The van der Waals surface area contributed by atoms with Gasteiger partial charge in [-0.25, -0.2) is 4.39 Å². The third-order valence-corrected chi connectivity index (χ3v) is 6.71. The van der Waals surface area contributed by atoms with E-state index in [1.54, 1.807) is 17.0 Å². The number of rotatable bonds is 9. The SMILES string of the molecule is Cc1ccc(CC(=O)N(Cc2ccc(F)cc2)[C@@H](Cc2ccccc2)C(=O)NC2CCCC2)cc1. The average molecular weight is 473 g/mol. The number of benzene rings is 3. The Bertz CT molecular complexity index is 1110. The first-order valence-corrected chi connectivity index (χ1v) is 12.4. The van der Waals surface area contributed by atoms with Crippen molar-refractivity contribution in [1.82, 2.24) is 10.2 Å². The molecule has 0 saturated heterocycles. The van der Waals surface area contributed by atoms with E-state index in [9.17, 15) is 14.0 Å². The van der Waals surface area contributed by atoms with Crippen molar-refractivity contribution in [1.29, 1.82) is 0 Å². The van der Waals surface area contributed by atoms with Crippen LogP contribution >= 0.6 is 0 Å². The fraction of sp³-hybridized carbons (Fsp3) is 0.333.